The lowest BCUT2D eigenvalue weighted by Crippen LogP contribution is -2.42. The van der Waals surface area contributed by atoms with E-state index in [0.717, 1.165) is 25.9 Å². The van der Waals surface area contributed by atoms with Crippen molar-refractivity contribution in [3.63, 3.8) is 0 Å². The summed E-state index contributed by atoms with van der Waals surface area (Å²) < 4.78 is 0. The average Bonchev–Trinajstić information content (AvgIpc) is 2.55. The van der Waals surface area contributed by atoms with E-state index in [1.807, 2.05) is 0 Å². The van der Waals surface area contributed by atoms with E-state index >= 15 is 0 Å². The van der Waals surface area contributed by atoms with Crippen LogP contribution in [0.3, 0.4) is 0 Å². The molecule has 3 N–H and O–H groups in total. The molecule has 1 amide bonds. The molecule has 0 aromatic carbocycles. The summed E-state index contributed by atoms with van der Waals surface area (Å²) in [7, 11) is 0. The third kappa shape index (κ3) is 1.89. The highest BCUT2D eigenvalue weighted by atomic mass is 16.1. The Morgan fingerprint density at radius 1 is 1.27 bits per heavy atom. The fourth-order valence-electron chi connectivity index (χ4n) is 3.16. The predicted octanol–water partition coefficient (Wildman–Crippen LogP) is 1.28. The second kappa shape index (κ2) is 3.48. The van der Waals surface area contributed by atoms with Gasteiger partial charge in [0.2, 0.25) is 5.91 Å². The van der Waals surface area contributed by atoms with Crippen molar-refractivity contribution in [3.8, 4) is 0 Å². The van der Waals surface area contributed by atoms with Crippen LogP contribution in [0.5, 0.6) is 0 Å². The second-order valence-electron chi connectivity index (χ2n) is 6.11. The highest BCUT2D eigenvalue weighted by Crippen LogP contribution is 2.50. The Balaban J connectivity index is 2.11. The van der Waals surface area contributed by atoms with Gasteiger partial charge in [0.05, 0.1) is 5.92 Å². The van der Waals surface area contributed by atoms with Gasteiger partial charge >= 0.3 is 0 Å². The third-order valence-corrected chi connectivity index (χ3v) is 4.51. The molecule has 1 aliphatic carbocycles. The summed E-state index contributed by atoms with van der Waals surface area (Å²) in [5.41, 5.74) is 6.13. The maximum absolute atomic E-state index is 11.4. The molecule has 0 aromatic rings. The number of rotatable bonds is 1. The van der Waals surface area contributed by atoms with Gasteiger partial charge in [-0.1, -0.05) is 13.8 Å². The van der Waals surface area contributed by atoms with E-state index in [1.165, 1.54) is 12.8 Å². The Bertz CT molecular complexity index is 263. The average molecular weight is 210 g/mol. The summed E-state index contributed by atoms with van der Waals surface area (Å²) in [5.74, 6) is -0.0479. The summed E-state index contributed by atoms with van der Waals surface area (Å²) >= 11 is 0. The van der Waals surface area contributed by atoms with Gasteiger partial charge in [-0.3, -0.25) is 4.79 Å². The maximum atomic E-state index is 11.4. The number of carbonyl (C=O) groups excluding carboxylic acids is 1. The minimum atomic E-state index is -0.111. The zero-order valence-corrected chi connectivity index (χ0v) is 9.81. The van der Waals surface area contributed by atoms with Gasteiger partial charge in [-0.05, 0) is 36.5 Å². The van der Waals surface area contributed by atoms with Crippen LogP contribution in [0, 0.1) is 16.7 Å². The molecule has 1 spiro atoms. The highest BCUT2D eigenvalue weighted by molar-refractivity contribution is 5.78. The van der Waals surface area contributed by atoms with Gasteiger partial charge in [0.1, 0.15) is 0 Å². The normalized spacial score (nSPS) is 33.1. The number of carbonyl (C=O) groups is 1. The van der Waals surface area contributed by atoms with E-state index in [1.54, 1.807) is 0 Å². The number of hydrogen-bond acceptors (Lipinski definition) is 2. The van der Waals surface area contributed by atoms with Crippen molar-refractivity contribution in [1.82, 2.24) is 5.32 Å². The van der Waals surface area contributed by atoms with Crippen LogP contribution in [0.15, 0.2) is 0 Å². The topological polar surface area (TPSA) is 55.1 Å². The molecule has 2 aliphatic rings. The van der Waals surface area contributed by atoms with Crippen LogP contribution in [-0.4, -0.2) is 19.0 Å². The lowest BCUT2D eigenvalue weighted by atomic mass is 9.61. The lowest BCUT2D eigenvalue weighted by molar-refractivity contribution is -0.125. The van der Waals surface area contributed by atoms with Crippen LogP contribution >= 0.6 is 0 Å². The van der Waals surface area contributed by atoms with E-state index in [2.05, 4.69) is 19.2 Å². The van der Waals surface area contributed by atoms with Crippen LogP contribution in [0.4, 0.5) is 0 Å². The number of nitrogens with one attached hydrogen (secondary N) is 1. The Labute approximate surface area is 91.8 Å². The molecular weight excluding hydrogens is 188 g/mol. The monoisotopic (exact) mass is 210 g/mol. The molecule has 3 nitrogen and oxygen atoms in total. The molecule has 1 aliphatic heterocycles. The first-order valence-corrected chi connectivity index (χ1v) is 5.95. The third-order valence-electron chi connectivity index (χ3n) is 4.51. The summed E-state index contributed by atoms with van der Waals surface area (Å²) in [4.78, 5) is 11.4. The molecule has 15 heavy (non-hydrogen) atoms. The standard InChI is InChI=1S/C12H22N2O/c1-11(2)3-5-12(6-4-11)8-14-7-9(12)10(13)15/h9,14H,3-8H2,1-2H3,(H2,13,15). The molecule has 3 heteroatoms. The molecular formula is C12H22N2O. The van der Waals surface area contributed by atoms with Gasteiger partial charge in [-0.2, -0.15) is 0 Å². The molecule has 1 atom stereocenters. The van der Waals surface area contributed by atoms with Crippen molar-refractivity contribution in [2.24, 2.45) is 22.5 Å². The minimum Gasteiger partial charge on any atom is -0.369 e. The Morgan fingerprint density at radius 2 is 1.87 bits per heavy atom. The van der Waals surface area contributed by atoms with Crippen LogP contribution in [-0.2, 0) is 4.79 Å². The SMILES string of the molecule is CC1(C)CCC2(CC1)CNCC2C(N)=O. The highest BCUT2D eigenvalue weighted by Gasteiger charge is 2.48. The smallest absolute Gasteiger partial charge is 0.222 e. The van der Waals surface area contributed by atoms with Crippen molar-refractivity contribution in [2.75, 3.05) is 13.1 Å². The predicted molar refractivity (Wildman–Crippen MR) is 60.2 cm³/mol. The number of nitrogens with two attached hydrogens (primary N) is 1. The summed E-state index contributed by atoms with van der Waals surface area (Å²) in [5, 5.41) is 3.34. The fraction of sp³-hybridized carbons (Fsp3) is 0.917. The Morgan fingerprint density at radius 3 is 2.40 bits per heavy atom. The summed E-state index contributed by atoms with van der Waals surface area (Å²) in [6, 6.07) is 0. The van der Waals surface area contributed by atoms with E-state index in [-0.39, 0.29) is 17.2 Å². The van der Waals surface area contributed by atoms with Gasteiger partial charge in [0.15, 0.2) is 0 Å². The van der Waals surface area contributed by atoms with E-state index in [9.17, 15) is 4.79 Å². The summed E-state index contributed by atoms with van der Waals surface area (Å²) in [6.07, 6.45) is 4.75. The molecule has 2 fully saturated rings. The largest absolute Gasteiger partial charge is 0.369 e. The van der Waals surface area contributed by atoms with Crippen LogP contribution < -0.4 is 11.1 Å². The fourth-order valence-corrected chi connectivity index (χ4v) is 3.16. The Kier molecular flexibility index (Phi) is 2.53. The van der Waals surface area contributed by atoms with Crippen molar-refractivity contribution < 1.29 is 4.79 Å². The maximum Gasteiger partial charge on any atom is 0.222 e. The van der Waals surface area contributed by atoms with Crippen molar-refractivity contribution in [1.29, 1.82) is 0 Å². The first-order valence-electron chi connectivity index (χ1n) is 5.95. The van der Waals surface area contributed by atoms with Gasteiger partial charge in [0.25, 0.3) is 0 Å². The lowest BCUT2D eigenvalue weighted by Gasteiger charge is -2.43. The van der Waals surface area contributed by atoms with E-state index in [0.29, 0.717) is 5.41 Å². The van der Waals surface area contributed by atoms with Crippen molar-refractivity contribution in [2.45, 2.75) is 39.5 Å². The minimum absolute atomic E-state index is 0.0635. The molecule has 0 bridgehead atoms. The molecule has 1 heterocycles. The first kappa shape index (κ1) is 10.9. The van der Waals surface area contributed by atoms with Gasteiger partial charge < -0.3 is 11.1 Å². The van der Waals surface area contributed by atoms with Crippen molar-refractivity contribution >= 4 is 5.91 Å². The van der Waals surface area contributed by atoms with Gasteiger partial charge in [0, 0.05) is 13.1 Å². The van der Waals surface area contributed by atoms with E-state index < -0.39 is 0 Å². The zero-order chi connectivity index (χ0) is 11.1. The molecule has 1 saturated carbocycles. The molecule has 0 radical (unpaired) electrons. The number of primary amides is 1. The molecule has 0 aromatic heterocycles. The molecule has 2 rings (SSSR count). The Hall–Kier alpha value is -0.570. The molecule has 1 saturated heterocycles. The van der Waals surface area contributed by atoms with Crippen LogP contribution in [0.25, 0.3) is 0 Å². The van der Waals surface area contributed by atoms with Crippen LogP contribution in [0.1, 0.15) is 39.5 Å². The first-order chi connectivity index (χ1) is 6.95. The van der Waals surface area contributed by atoms with Crippen molar-refractivity contribution in [3.05, 3.63) is 0 Å². The zero-order valence-electron chi connectivity index (χ0n) is 9.81. The number of hydrogen-bond donors (Lipinski definition) is 2. The quantitative estimate of drug-likeness (QED) is 0.685. The second-order valence-corrected chi connectivity index (χ2v) is 6.11. The molecule has 86 valence electrons. The molecule has 1 unspecified atom stereocenters. The van der Waals surface area contributed by atoms with Gasteiger partial charge in [-0.25, -0.2) is 0 Å². The number of amides is 1. The summed E-state index contributed by atoms with van der Waals surface area (Å²) in [6.45, 7) is 6.41. The van der Waals surface area contributed by atoms with Gasteiger partial charge in [-0.15, -0.1) is 0 Å². The van der Waals surface area contributed by atoms with Crippen LogP contribution in [0.2, 0.25) is 0 Å². The van der Waals surface area contributed by atoms with E-state index in [4.69, 9.17) is 5.73 Å².